The number of carbonyl (C=O) groups is 2. The van der Waals surface area contributed by atoms with Gasteiger partial charge in [0.15, 0.2) is 0 Å². The van der Waals surface area contributed by atoms with Crippen molar-refractivity contribution >= 4 is 27.7 Å². The highest BCUT2D eigenvalue weighted by Gasteiger charge is 2.27. The summed E-state index contributed by atoms with van der Waals surface area (Å²) in [5.74, 6) is -1.41. The molecule has 110 valence electrons. The topological polar surface area (TPSA) is 58.2 Å². The van der Waals surface area contributed by atoms with Crippen LogP contribution in [-0.2, 0) is 4.79 Å². The van der Waals surface area contributed by atoms with E-state index in [1.54, 1.807) is 30.4 Å². The SMILES string of the molecule is Cc1cc(Br)ccc1C(=O)NCC(=O)NCC(F)(F)F. The molecule has 0 aliphatic carbocycles. The van der Waals surface area contributed by atoms with Gasteiger partial charge in [0.25, 0.3) is 5.91 Å². The number of rotatable bonds is 4. The van der Waals surface area contributed by atoms with E-state index in [0.717, 1.165) is 4.47 Å². The van der Waals surface area contributed by atoms with Crippen molar-refractivity contribution in [2.24, 2.45) is 0 Å². The molecule has 4 nitrogen and oxygen atoms in total. The van der Waals surface area contributed by atoms with E-state index in [9.17, 15) is 22.8 Å². The molecule has 0 unspecified atom stereocenters. The van der Waals surface area contributed by atoms with E-state index in [2.05, 4.69) is 21.2 Å². The van der Waals surface area contributed by atoms with E-state index < -0.39 is 31.1 Å². The van der Waals surface area contributed by atoms with Crippen LogP contribution in [0.25, 0.3) is 0 Å². The quantitative estimate of drug-likeness (QED) is 0.872. The Morgan fingerprint density at radius 3 is 2.45 bits per heavy atom. The standard InChI is InChI=1S/C12H12BrF3N2O2/c1-7-4-8(13)2-3-9(7)11(20)17-5-10(19)18-6-12(14,15)16/h2-4H,5-6H2,1H3,(H,17,20)(H,18,19). The van der Waals surface area contributed by atoms with Gasteiger partial charge in [0, 0.05) is 10.0 Å². The molecule has 1 aromatic rings. The number of hydrogen-bond acceptors (Lipinski definition) is 2. The zero-order valence-corrected chi connectivity index (χ0v) is 12.1. The summed E-state index contributed by atoms with van der Waals surface area (Å²) in [5.41, 5.74) is 1.05. The molecule has 8 heteroatoms. The van der Waals surface area contributed by atoms with Gasteiger partial charge in [-0.15, -0.1) is 0 Å². The molecule has 0 atom stereocenters. The van der Waals surface area contributed by atoms with Crippen molar-refractivity contribution in [3.63, 3.8) is 0 Å². The number of carbonyl (C=O) groups excluding carboxylic acids is 2. The van der Waals surface area contributed by atoms with Crippen molar-refractivity contribution in [1.29, 1.82) is 0 Å². The van der Waals surface area contributed by atoms with E-state index in [-0.39, 0.29) is 0 Å². The Bertz CT molecular complexity index is 518. The molecular weight excluding hydrogens is 341 g/mol. The van der Waals surface area contributed by atoms with Crippen molar-refractivity contribution < 1.29 is 22.8 Å². The van der Waals surface area contributed by atoms with Gasteiger partial charge >= 0.3 is 6.18 Å². The monoisotopic (exact) mass is 352 g/mol. The second kappa shape index (κ2) is 6.74. The van der Waals surface area contributed by atoms with Crippen molar-refractivity contribution in [3.8, 4) is 0 Å². The lowest BCUT2D eigenvalue weighted by atomic mass is 10.1. The number of benzene rings is 1. The van der Waals surface area contributed by atoms with Gasteiger partial charge < -0.3 is 10.6 Å². The largest absolute Gasteiger partial charge is 0.405 e. The molecule has 0 heterocycles. The molecule has 1 aromatic carbocycles. The molecule has 0 aliphatic rings. The van der Waals surface area contributed by atoms with Crippen LogP contribution >= 0.6 is 15.9 Å². The molecule has 2 amide bonds. The lowest BCUT2D eigenvalue weighted by molar-refractivity contribution is -0.137. The van der Waals surface area contributed by atoms with Crippen LogP contribution in [0.4, 0.5) is 13.2 Å². The van der Waals surface area contributed by atoms with E-state index in [0.29, 0.717) is 11.1 Å². The predicted octanol–water partition coefficient (Wildman–Crippen LogP) is 2.17. The average molecular weight is 353 g/mol. The van der Waals surface area contributed by atoms with E-state index in [1.807, 2.05) is 0 Å². The molecule has 0 saturated carbocycles. The number of alkyl halides is 3. The molecule has 20 heavy (non-hydrogen) atoms. The van der Waals surface area contributed by atoms with Gasteiger partial charge in [0.2, 0.25) is 5.91 Å². The summed E-state index contributed by atoms with van der Waals surface area (Å²) in [6.45, 7) is -0.215. The summed E-state index contributed by atoms with van der Waals surface area (Å²) in [6.07, 6.45) is -4.47. The van der Waals surface area contributed by atoms with E-state index >= 15 is 0 Å². The minimum absolute atomic E-state index is 0.358. The first-order valence-corrected chi connectivity index (χ1v) is 6.36. The first-order chi connectivity index (χ1) is 9.19. The van der Waals surface area contributed by atoms with E-state index in [1.165, 1.54) is 0 Å². The first kappa shape index (κ1) is 16.5. The summed E-state index contributed by atoms with van der Waals surface area (Å²) in [4.78, 5) is 22.9. The van der Waals surface area contributed by atoms with Crippen molar-refractivity contribution in [3.05, 3.63) is 33.8 Å². The lowest BCUT2D eigenvalue weighted by Gasteiger charge is -2.10. The zero-order valence-electron chi connectivity index (χ0n) is 10.5. The van der Waals surface area contributed by atoms with Gasteiger partial charge in [-0.05, 0) is 30.7 Å². The Labute approximate surface area is 121 Å². The van der Waals surface area contributed by atoms with Crippen molar-refractivity contribution in [2.45, 2.75) is 13.1 Å². The van der Waals surface area contributed by atoms with Crippen molar-refractivity contribution in [1.82, 2.24) is 10.6 Å². The molecule has 0 saturated heterocycles. The fourth-order valence-electron chi connectivity index (χ4n) is 1.40. The Balaban J connectivity index is 2.49. The van der Waals surface area contributed by atoms with Crippen LogP contribution < -0.4 is 10.6 Å². The summed E-state index contributed by atoms with van der Waals surface area (Å²) in [7, 11) is 0. The summed E-state index contributed by atoms with van der Waals surface area (Å²) >= 11 is 3.24. The van der Waals surface area contributed by atoms with Gasteiger partial charge in [-0.25, -0.2) is 0 Å². The number of aryl methyl sites for hydroxylation is 1. The molecule has 0 radical (unpaired) electrons. The second-order valence-electron chi connectivity index (χ2n) is 4.03. The fourth-order valence-corrected chi connectivity index (χ4v) is 1.87. The molecule has 2 N–H and O–H groups in total. The molecule has 0 aromatic heterocycles. The summed E-state index contributed by atoms with van der Waals surface area (Å²) < 4.78 is 36.4. The Kier molecular flexibility index (Phi) is 5.55. The molecule has 0 aliphatic heterocycles. The van der Waals surface area contributed by atoms with Crippen molar-refractivity contribution in [2.75, 3.05) is 13.1 Å². The Morgan fingerprint density at radius 2 is 1.90 bits per heavy atom. The Morgan fingerprint density at radius 1 is 1.25 bits per heavy atom. The predicted molar refractivity (Wildman–Crippen MR) is 70.3 cm³/mol. The Hall–Kier alpha value is -1.57. The van der Waals surface area contributed by atoms with Gasteiger partial charge in [-0.2, -0.15) is 13.2 Å². The third kappa shape index (κ3) is 5.60. The van der Waals surface area contributed by atoms with Crippen LogP contribution in [0.1, 0.15) is 15.9 Å². The molecular formula is C12H12BrF3N2O2. The number of amides is 2. The third-order valence-corrected chi connectivity index (χ3v) is 2.82. The maximum Gasteiger partial charge on any atom is 0.405 e. The molecule has 1 rings (SSSR count). The fraction of sp³-hybridized carbons (Fsp3) is 0.333. The molecule has 0 bridgehead atoms. The van der Waals surface area contributed by atoms with Crippen LogP contribution in [0, 0.1) is 6.92 Å². The van der Waals surface area contributed by atoms with Crippen LogP contribution in [0.15, 0.2) is 22.7 Å². The zero-order chi connectivity index (χ0) is 15.3. The van der Waals surface area contributed by atoms with Crippen LogP contribution in [0.2, 0.25) is 0 Å². The van der Waals surface area contributed by atoms with Gasteiger partial charge in [0.1, 0.15) is 6.54 Å². The average Bonchev–Trinajstić information content (AvgIpc) is 2.32. The number of halogens is 4. The highest BCUT2D eigenvalue weighted by atomic mass is 79.9. The number of hydrogen-bond donors (Lipinski definition) is 2. The normalized spacial score (nSPS) is 11.1. The van der Waals surface area contributed by atoms with Crippen LogP contribution in [-0.4, -0.2) is 31.1 Å². The van der Waals surface area contributed by atoms with Gasteiger partial charge in [0.05, 0.1) is 6.54 Å². The second-order valence-corrected chi connectivity index (χ2v) is 4.95. The summed E-state index contributed by atoms with van der Waals surface area (Å²) in [5, 5.41) is 3.93. The molecule has 0 fully saturated rings. The van der Waals surface area contributed by atoms with E-state index in [4.69, 9.17) is 0 Å². The molecule has 0 spiro atoms. The highest BCUT2D eigenvalue weighted by Crippen LogP contribution is 2.15. The lowest BCUT2D eigenvalue weighted by Crippen LogP contribution is -2.41. The van der Waals surface area contributed by atoms with Gasteiger partial charge in [-0.3, -0.25) is 9.59 Å². The highest BCUT2D eigenvalue weighted by molar-refractivity contribution is 9.10. The minimum atomic E-state index is -4.47. The smallest absolute Gasteiger partial charge is 0.345 e. The van der Waals surface area contributed by atoms with Crippen LogP contribution in [0.3, 0.4) is 0 Å². The maximum absolute atomic E-state index is 11.9. The maximum atomic E-state index is 11.9. The summed E-state index contributed by atoms with van der Waals surface area (Å²) in [6, 6.07) is 4.94. The first-order valence-electron chi connectivity index (χ1n) is 5.57. The third-order valence-electron chi connectivity index (χ3n) is 2.33. The number of nitrogens with one attached hydrogen (secondary N) is 2. The van der Waals surface area contributed by atoms with Crippen LogP contribution in [0.5, 0.6) is 0 Å². The van der Waals surface area contributed by atoms with Gasteiger partial charge in [-0.1, -0.05) is 15.9 Å². The minimum Gasteiger partial charge on any atom is -0.345 e.